The standard InChI is InChI=1S/C16H20N4O4/c21-14(10-18-6-8-24-9-7-18)17-20-12-15(22)19(11-16(20)23)13-4-2-1-3-5-13/h1-5H,6-12H2,(H,17,21). The lowest BCUT2D eigenvalue weighted by atomic mass is 10.2. The summed E-state index contributed by atoms with van der Waals surface area (Å²) in [5.74, 6) is -0.840. The van der Waals surface area contributed by atoms with Crippen molar-refractivity contribution in [3.8, 4) is 0 Å². The molecule has 8 nitrogen and oxygen atoms in total. The van der Waals surface area contributed by atoms with E-state index in [4.69, 9.17) is 4.74 Å². The van der Waals surface area contributed by atoms with Gasteiger partial charge in [0, 0.05) is 18.8 Å². The van der Waals surface area contributed by atoms with E-state index in [2.05, 4.69) is 5.43 Å². The molecule has 1 N–H and O–H groups in total. The number of hydrazine groups is 1. The maximum Gasteiger partial charge on any atom is 0.261 e. The van der Waals surface area contributed by atoms with Gasteiger partial charge in [0.2, 0.25) is 5.91 Å². The third kappa shape index (κ3) is 3.90. The van der Waals surface area contributed by atoms with Crippen LogP contribution in [0.3, 0.4) is 0 Å². The van der Waals surface area contributed by atoms with Crippen LogP contribution in [-0.2, 0) is 19.1 Å². The maximum absolute atomic E-state index is 12.3. The second kappa shape index (κ2) is 7.41. The number of morpholine rings is 1. The van der Waals surface area contributed by atoms with Crippen LogP contribution in [0.25, 0.3) is 0 Å². The molecular weight excluding hydrogens is 312 g/mol. The molecule has 1 aromatic rings. The van der Waals surface area contributed by atoms with E-state index in [1.54, 1.807) is 12.1 Å². The Morgan fingerprint density at radius 2 is 1.75 bits per heavy atom. The molecule has 0 bridgehead atoms. The van der Waals surface area contributed by atoms with Crippen LogP contribution in [0.5, 0.6) is 0 Å². The lowest BCUT2D eigenvalue weighted by molar-refractivity contribution is -0.146. The topological polar surface area (TPSA) is 82.2 Å². The molecule has 2 fully saturated rings. The molecule has 3 amide bonds. The zero-order valence-electron chi connectivity index (χ0n) is 13.3. The smallest absolute Gasteiger partial charge is 0.261 e. The molecule has 24 heavy (non-hydrogen) atoms. The summed E-state index contributed by atoms with van der Waals surface area (Å²) < 4.78 is 5.23. The highest BCUT2D eigenvalue weighted by Gasteiger charge is 2.32. The number of benzene rings is 1. The molecule has 0 unspecified atom stereocenters. The molecule has 2 saturated heterocycles. The Kier molecular flexibility index (Phi) is 5.07. The lowest BCUT2D eigenvalue weighted by Crippen LogP contribution is -2.60. The van der Waals surface area contributed by atoms with Gasteiger partial charge >= 0.3 is 0 Å². The molecule has 2 heterocycles. The van der Waals surface area contributed by atoms with Crippen LogP contribution in [0.4, 0.5) is 5.69 Å². The highest BCUT2D eigenvalue weighted by atomic mass is 16.5. The van der Waals surface area contributed by atoms with Gasteiger partial charge in [-0.05, 0) is 12.1 Å². The molecule has 0 radical (unpaired) electrons. The number of amides is 3. The minimum absolute atomic E-state index is 0.0827. The van der Waals surface area contributed by atoms with E-state index in [0.29, 0.717) is 32.0 Å². The second-order valence-electron chi connectivity index (χ2n) is 5.72. The van der Waals surface area contributed by atoms with E-state index in [0.717, 1.165) is 5.01 Å². The predicted molar refractivity (Wildman–Crippen MR) is 85.9 cm³/mol. The number of para-hydroxylation sites is 1. The minimum atomic E-state index is -0.311. The fourth-order valence-electron chi connectivity index (χ4n) is 2.71. The summed E-state index contributed by atoms with van der Waals surface area (Å²) in [6, 6.07) is 9.01. The molecule has 0 spiro atoms. The van der Waals surface area contributed by atoms with Crippen molar-refractivity contribution in [2.24, 2.45) is 0 Å². The van der Waals surface area contributed by atoms with Gasteiger partial charge in [-0.1, -0.05) is 18.2 Å². The van der Waals surface area contributed by atoms with Crippen molar-refractivity contribution >= 4 is 23.4 Å². The zero-order valence-corrected chi connectivity index (χ0v) is 13.3. The number of nitrogens with zero attached hydrogens (tertiary/aromatic N) is 3. The molecule has 3 rings (SSSR count). The molecule has 0 saturated carbocycles. The van der Waals surface area contributed by atoms with E-state index < -0.39 is 0 Å². The van der Waals surface area contributed by atoms with Crippen LogP contribution >= 0.6 is 0 Å². The Labute approximate surface area is 139 Å². The number of anilines is 1. The van der Waals surface area contributed by atoms with Crippen LogP contribution in [0.2, 0.25) is 0 Å². The van der Waals surface area contributed by atoms with Crippen LogP contribution < -0.4 is 10.3 Å². The Morgan fingerprint density at radius 3 is 2.46 bits per heavy atom. The maximum atomic E-state index is 12.3. The molecule has 1 aromatic carbocycles. The van der Waals surface area contributed by atoms with Crippen molar-refractivity contribution in [3.05, 3.63) is 30.3 Å². The SMILES string of the molecule is O=C(CN1CCOCC1)NN1CC(=O)N(c2ccccc2)CC1=O. The van der Waals surface area contributed by atoms with Gasteiger partial charge in [0.25, 0.3) is 11.8 Å². The molecule has 8 heteroatoms. The fourth-order valence-corrected chi connectivity index (χ4v) is 2.71. The minimum Gasteiger partial charge on any atom is -0.379 e. The van der Waals surface area contributed by atoms with Gasteiger partial charge < -0.3 is 9.64 Å². The molecule has 0 atom stereocenters. The molecule has 0 aliphatic carbocycles. The molecule has 0 aromatic heterocycles. The zero-order chi connectivity index (χ0) is 16.9. The quantitative estimate of drug-likeness (QED) is 0.783. The van der Waals surface area contributed by atoms with Gasteiger partial charge in [0.15, 0.2) is 0 Å². The van der Waals surface area contributed by atoms with Crippen LogP contribution in [0, 0.1) is 0 Å². The Bertz CT molecular complexity index is 616. The number of hydrogen-bond donors (Lipinski definition) is 1. The highest BCUT2D eigenvalue weighted by Crippen LogP contribution is 2.16. The molecule has 2 aliphatic heterocycles. The first kappa shape index (κ1) is 16.4. The average molecular weight is 332 g/mol. The number of carbonyl (C=O) groups is 3. The van der Waals surface area contributed by atoms with Crippen molar-refractivity contribution in [1.29, 1.82) is 0 Å². The summed E-state index contributed by atoms with van der Waals surface area (Å²) in [5, 5.41) is 1.10. The number of carbonyl (C=O) groups excluding carboxylic acids is 3. The van der Waals surface area contributed by atoms with Crippen molar-refractivity contribution in [3.63, 3.8) is 0 Å². The lowest BCUT2D eigenvalue weighted by Gasteiger charge is -2.34. The van der Waals surface area contributed by atoms with Gasteiger partial charge in [-0.15, -0.1) is 0 Å². The molecule has 128 valence electrons. The largest absolute Gasteiger partial charge is 0.379 e. The second-order valence-corrected chi connectivity index (χ2v) is 5.72. The molecule has 2 aliphatic rings. The average Bonchev–Trinajstić information content (AvgIpc) is 2.59. The number of rotatable bonds is 4. The summed E-state index contributed by atoms with van der Waals surface area (Å²) in [6.45, 7) is 2.50. The van der Waals surface area contributed by atoms with Gasteiger partial charge in [-0.2, -0.15) is 0 Å². The highest BCUT2D eigenvalue weighted by molar-refractivity contribution is 6.04. The number of ether oxygens (including phenoxy) is 1. The Morgan fingerprint density at radius 1 is 1.04 bits per heavy atom. The van der Waals surface area contributed by atoms with E-state index >= 15 is 0 Å². The van der Waals surface area contributed by atoms with Gasteiger partial charge in [0.05, 0.1) is 19.8 Å². The predicted octanol–water partition coefficient (Wildman–Crippen LogP) is -0.775. The van der Waals surface area contributed by atoms with Gasteiger partial charge in [-0.25, -0.2) is 5.01 Å². The summed E-state index contributed by atoms with van der Waals surface area (Å²) in [7, 11) is 0. The summed E-state index contributed by atoms with van der Waals surface area (Å²) in [4.78, 5) is 40.0. The van der Waals surface area contributed by atoms with E-state index in [-0.39, 0.29) is 37.4 Å². The normalized spacial score (nSPS) is 19.5. The van der Waals surface area contributed by atoms with E-state index in [9.17, 15) is 14.4 Å². The van der Waals surface area contributed by atoms with Crippen molar-refractivity contribution in [1.82, 2.24) is 15.3 Å². The monoisotopic (exact) mass is 332 g/mol. The number of piperazine rings is 1. The summed E-state index contributed by atoms with van der Waals surface area (Å²) in [6.07, 6.45) is 0. The number of hydrogen-bond acceptors (Lipinski definition) is 5. The summed E-state index contributed by atoms with van der Waals surface area (Å²) in [5.41, 5.74) is 3.21. The first-order chi connectivity index (χ1) is 11.6. The van der Waals surface area contributed by atoms with Crippen LogP contribution in [0.1, 0.15) is 0 Å². The van der Waals surface area contributed by atoms with E-state index in [1.807, 2.05) is 23.1 Å². The number of nitrogens with one attached hydrogen (secondary N) is 1. The van der Waals surface area contributed by atoms with Crippen LogP contribution in [0.15, 0.2) is 30.3 Å². The van der Waals surface area contributed by atoms with Crippen LogP contribution in [-0.4, -0.2) is 73.6 Å². The third-order valence-electron chi connectivity index (χ3n) is 3.99. The third-order valence-corrected chi connectivity index (χ3v) is 3.99. The van der Waals surface area contributed by atoms with Crippen molar-refractivity contribution in [2.75, 3.05) is 50.8 Å². The Hall–Kier alpha value is -2.45. The first-order valence-corrected chi connectivity index (χ1v) is 7.89. The molecular formula is C16H20N4O4. The van der Waals surface area contributed by atoms with Crippen molar-refractivity contribution < 1.29 is 19.1 Å². The fraction of sp³-hybridized carbons (Fsp3) is 0.438. The van der Waals surface area contributed by atoms with Gasteiger partial charge in [0.1, 0.15) is 13.1 Å². The Balaban J connectivity index is 1.55. The first-order valence-electron chi connectivity index (χ1n) is 7.89. The van der Waals surface area contributed by atoms with Gasteiger partial charge in [-0.3, -0.25) is 24.7 Å². The summed E-state index contributed by atoms with van der Waals surface area (Å²) >= 11 is 0. The van der Waals surface area contributed by atoms with Crippen molar-refractivity contribution in [2.45, 2.75) is 0 Å². The van der Waals surface area contributed by atoms with E-state index in [1.165, 1.54) is 4.90 Å².